The molecule has 0 aliphatic rings. The standard InChI is InChI=1S/C27H24O3.C15H16O/c1-19-4-10-22(11-5-19)28-25-16-26(29-23-12-6-20(2)7-13-23)18-27(17-25)30-24-14-8-21(3)9-15-24;1-11-4-7-14(8-5-11)16-15-9-6-12(2)10-13(15)3/h4-18H,1-3H3;4-10H,1-3H3. The molecular formula is C42H40O4. The van der Waals surface area contributed by atoms with Gasteiger partial charge in [0.2, 0.25) is 0 Å². The Labute approximate surface area is 272 Å². The predicted octanol–water partition coefficient (Wildman–Crippen LogP) is 12.4. The van der Waals surface area contributed by atoms with Crippen molar-refractivity contribution in [3.63, 3.8) is 0 Å². The second-order valence-corrected chi connectivity index (χ2v) is 11.6. The molecule has 232 valence electrons. The van der Waals surface area contributed by atoms with Gasteiger partial charge in [-0.2, -0.15) is 0 Å². The maximum absolute atomic E-state index is 6.07. The summed E-state index contributed by atoms with van der Waals surface area (Å²) in [6.45, 7) is 12.4. The summed E-state index contributed by atoms with van der Waals surface area (Å²) >= 11 is 0. The summed E-state index contributed by atoms with van der Waals surface area (Å²) in [5, 5.41) is 0. The van der Waals surface area contributed by atoms with E-state index in [0.717, 1.165) is 28.7 Å². The van der Waals surface area contributed by atoms with Crippen LogP contribution in [0.1, 0.15) is 33.4 Å². The summed E-state index contributed by atoms with van der Waals surface area (Å²) in [6, 6.07) is 43.7. The first-order valence-electron chi connectivity index (χ1n) is 15.4. The van der Waals surface area contributed by atoms with Crippen molar-refractivity contribution in [3.8, 4) is 46.0 Å². The summed E-state index contributed by atoms with van der Waals surface area (Å²) in [6.07, 6.45) is 0. The van der Waals surface area contributed by atoms with Gasteiger partial charge in [-0.05, 0) is 102 Å². The van der Waals surface area contributed by atoms with Crippen LogP contribution >= 0.6 is 0 Å². The van der Waals surface area contributed by atoms with Crippen LogP contribution in [-0.4, -0.2) is 0 Å². The van der Waals surface area contributed by atoms with Crippen molar-refractivity contribution in [2.45, 2.75) is 41.5 Å². The molecule has 0 atom stereocenters. The first-order chi connectivity index (χ1) is 22.2. The van der Waals surface area contributed by atoms with Crippen LogP contribution in [0.15, 0.2) is 133 Å². The minimum Gasteiger partial charge on any atom is -0.457 e. The van der Waals surface area contributed by atoms with Gasteiger partial charge in [0, 0.05) is 18.2 Å². The van der Waals surface area contributed by atoms with Gasteiger partial charge < -0.3 is 18.9 Å². The van der Waals surface area contributed by atoms with Crippen molar-refractivity contribution < 1.29 is 18.9 Å². The van der Waals surface area contributed by atoms with E-state index in [1.165, 1.54) is 33.4 Å². The maximum atomic E-state index is 6.07. The first kappa shape index (κ1) is 31.9. The molecule has 6 aromatic carbocycles. The van der Waals surface area contributed by atoms with Gasteiger partial charge in [-0.15, -0.1) is 0 Å². The minimum absolute atomic E-state index is 0.644. The quantitative estimate of drug-likeness (QED) is 0.172. The minimum atomic E-state index is 0.644. The zero-order valence-corrected chi connectivity index (χ0v) is 27.3. The van der Waals surface area contributed by atoms with Crippen molar-refractivity contribution in [3.05, 3.63) is 167 Å². The lowest BCUT2D eigenvalue weighted by atomic mass is 10.1. The van der Waals surface area contributed by atoms with Gasteiger partial charge in [-0.1, -0.05) is 88.5 Å². The summed E-state index contributed by atoms with van der Waals surface area (Å²) in [5.74, 6) is 6.02. The van der Waals surface area contributed by atoms with Crippen LogP contribution in [0.2, 0.25) is 0 Å². The molecule has 6 aromatic rings. The van der Waals surface area contributed by atoms with Crippen LogP contribution in [0, 0.1) is 41.5 Å². The Kier molecular flexibility index (Phi) is 10.4. The lowest BCUT2D eigenvalue weighted by Gasteiger charge is -2.13. The molecule has 4 nitrogen and oxygen atoms in total. The highest BCUT2D eigenvalue weighted by molar-refractivity contribution is 5.47. The van der Waals surface area contributed by atoms with Crippen LogP contribution in [0.3, 0.4) is 0 Å². The molecule has 0 amide bonds. The molecule has 0 unspecified atom stereocenters. The Morgan fingerprint density at radius 2 is 0.543 bits per heavy atom. The van der Waals surface area contributed by atoms with Gasteiger partial charge in [0.15, 0.2) is 0 Å². The average Bonchev–Trinajstić information content (AvgIpc) is 3.03. The molecule has 0 N–H and O–H groups in total. The number of ether oxygens (including phenoxy) is 4. The van der Waals surface area contributed by atoms with Crippen LogP contribution in [0.5, 0.6) is 46.0 Å². The lowest BCUT2D eigenvalue weighted by molar-refractivity contribution is 0.439. The summed E-state index contributed by atoms with van der Waals surface area (Å²) in [7, 11) is 0. The lowest BCUT2D eigenvalue weighted by Crippen LogP contribution is -1.91. The Balaban J connectivity index is 0.000000219. The van der Waals surface area contributed by atoms with Crippen LogP contribution in [0.25, 0.3) is 0 Å². The Morgan fingerprint density at radius 1 is 0.261 bits per heavy atom. The predicted molar refractivity (Wildman–Crippen MR) is 187 cm³/mol. The molecule has 0 aliphatic carbocycles. The van der Waals surface area contributed by atoms with Crippen molar-refractivity contribution in [2.75, 3.05) is 0 Å². The second kappa shape index (κ2) is 15.0. The fraction of sp³-hybridized carbons (Fsp3) is 0.143. The van der Waals surface area contributed by atoms with Crippen molar-refractivity contribution in [1.82, 2.24) is 0 Å². The molecule has 0 spiro atoms. The normalized spacial score (nSPS) is 10.4. The Morgan fingerprint density at radius 3 is 0.848 bits per heavy atom. The van der Waals surface area contributed by atoms with Gasteiger partial charge in [-0.25, -0.2) is 0 Å². The monoisotopic (exact) mass is 608 g/mol. The molecule has 0 aliphatic heterocycles. The highest BCUT2D eigenvalue weighted by Gasteiger charge is 2.09. The van der Waals surface area contributed by atoms with Crippen LogP contribution in [-0.2, 0) is 0 Å². The average molecular weight is 609 g/mol. The number of rotatable bonds is 8. The fourth-order valence-corrected chi connectivity index (χ4v) is 4.60. The molecule has 4 heteroatoms. The van der Waals surface area contributed by atoms with E-state index in [9.17, 15) is 0 Å². The SMILES string of the molecule is Cc1ccc(Oc2cc(Oc3ccc(C)cc3)cc(Oc3ccc(C)cc3)c2)cc1.Cc1ccc(Oc2ccc(C)cc2C)cc1. The highest BCUT2D eigenvalue weighted by atomic mass is 16.5. The highest BCUT2D eigenvalue weighted by Crippen LogP contribution is 2.35. The third kappa shape index (κ3) is 9.51. The molecule has 0 bridgehead atoms. The summed E-state index contributed by atoms with van der Waals surface area (Å²) < 4.78 is 24.0. The largest absolute Gasteiger partial charge is 0.457 e. The van der Waals surface area contributed by atoms with Crippen LogP contribution in [0.4, 0.5) is 0 Å². The first-order valence-corrected chi connectivity index (χ1v) is 15.4. The number of benzene rings is 6. The Hall–Kier alpha value is -5.48. The zero-order chi connectivity index (χ0) is 32.5. The third-order valence-corrected chi connectivity index (χ3v) is 7.20. The van der Waals surface area contributed by atoms with Gasteiger partial charge in [0.1, 0.15) is 46.0 Å². The molecule has 0 aromatic heterocycles. The molecule has 0 saturated carbocycles. The molecule has 0 saturated heterocycles. The van der Waals surface area contributed by atoms with E-state index in [0.29, 0.717) is 17.2 Å². The topological polar surface area (TPSA) is 36.9 Å². The number of hydrogen-bond acceptors (Lipinski definition) is 4. The number of aryl methyl sites for hydroxylation is 6. The third-order valence-electron chi connectivity index (χ3n) is 7.20. The van der Waals surface area contributed by atoms with E-state index in [1.807, 2.05) is 130 Å². The van der Waals surface area contributed by atoms with Gasteiger partial charge >= 0.3 is 0 Å². The Bertz CT molecular complexity index is 1700. The van der Waals surface area contributed by atoms with E-state index >= 15 is 0 Å². The van der Waals surface area contributed by atoms with E-state index in [-0.39, 0.29) is 0 Å². The molecular weight excluding hydrogens is 568 g/mol. The molecule has 6 rings (SSSR count). The number of hydrogen-bond donors (Lipinski definition) is 0. The van der Waals surface area contributed by atoms with Gasteiger partial charge in [-0.3, -0.25) is 0 Å². The molecule has 46 heavy (non-hydrogen) atoms. The maximum Gasteiger partial charge on any atom is 0.134 e. The zero-order valence-electron chi connectivity index (χ0n) is 27.3. The van der Waals surface area contributed by atoms with E-state index in [2.05, 4.69) is 45.0 Å². The summed E-state index contributed by atoms with van der Waals surface area (Å²) in [4.78, 5) is 0. The van der Waals surface area contributed by atoms with Gasteiger partial charge in [0.05, 0.1) is 0 Å². The van der Waals surface area contributed by atoms with E-state index < -0.39 is 0 Å². The van der Waals surface area contributed by atoms with E-state index in [4.69, 9.17) is 18.9 Å². The van der Waals surface area contributed by atoms with Crippen molar-refractivity contribution in [2.24, 2.45) is 0 Å². The molecule has 0 radical (unpaired) electrons. The fourth-order valence-electron chi connectivity index (χ4n) is 4.60. The van der Waals surface area contributed by atoms with Crippen LogP contribution < -0.4 is 18.9 Å². The smallest absolute Gasteiger partial charge is 0.134 e. The second-order valence-electron chi connectivity index (χ2n) is 11.6. The van der Waals surface area contributed by atoms with Crippen molar-refractivity contribution in [1.29, 1.82) is 0 Å². The van der Waals surface area contributed by atoms with Crippen molar-refractivity contribution >= 4 is 0 Å². The van der Waals surface area contributed by atoms with E-state index in [1.54, 1.807) is 0 Å². The van der Waals surface area contributed by atoms with Gasteiger partial charge in [0.25, 0.3) is 0 Å². The molecule has 0 heterocycles. The summed E-state index contributed by atoms with van der Waals surface area (Å²) in [5.41, 5.74) is 7.22. The molecule has 0 fully saturated rings.